The fraction of sp³-hybridized carbons (Fsp3) is 0.458. The van der Waals surface area contributed by atoms with Crippen LogP contribution in [0.3, 0.4) is 0 Å². The van der Waals surface area contributed by atoms with Crippen LogP contribution in [0.2, 0.25) is 0 Å². The molecule has 1 saturated heterocycles. The van der Waals surface area contributed by atoms with Gasteiger partial charge < -0.3 is 15.1 Å². The molecule has 166 valence electrons. The van der Waals surface area contributed by atoms with Crippen molar-refractivity contribution in [3.05, 3.63) is 64.7 Å². The number of anilines is 1. The highest BCUT2D eigenvalue weighted by Crippen LogP contribution is 2.31. The van der Waals surface area contributed by atoms with Crippen LogP contribution < -0.4 is 10.2 Å². The Labute approximate surface area is 182 Å². The van der Waals surface area contributed by atoms with Crippen LogP contribution in [0, 0.1) is 11.6 Å². The number of aryl methyl sites for hydroxylation is 1. The molecule has 2 aromatic carbocycles. The number of nitrogens with one attached hydrogen (secondary N) is 1. The van der Waals surface area contributed by atoms with Crippen LogP contribution in [0.15, 0.2) is 36.4 Å². The monoisotopic (exact) mass is 428 g/mol. The SMILES string of the molecule is CN1CCN(C(CNC(=O)c2ccc(F)c(F)c2)c2ccc3c(c2)CCCN3C)CC1. The molecule has 2 aliphatic heterocycles. The molecular formula is C24H30F2N4O. The molecule has 7 heteroatoms. The molecule has 31 heavy (non-hydrogen) atoms. The lowest BCUT2D eigenvalue weighted by atomic mass is 9.95. The summed E-state index contributed by atoms with van der Waals surface area (Å²) in [6, 6.07) is 9.90. The standard InChI is InChI=1S/C24H30F2N4O/c1-28-10-12-30(13-11-28)23(16-27-24(31)19-5-7-20(25)21(26)15-19)18-6-8-22-17(14-18)4-3-9-29(22)2/h5-8,14-15,23H,3-4,9-13,16H2,1-2H3,(H,27,31). The van der Waals surface area contributed by atoms with Crippen molar-refractivity contribution >= 4 is 11.6 Å². The summed E-state index contributed by atoms with van der Waals surface area (Å²) in [4.78, 5) is 19.6. The van der Waals surface area contributed by atoms with Gasteiger partial charge in [0.2, 0.25) is 0 Å². The summed E-state index contributed by atoms with van der Waals surface area (Å²) in [6.45, 7) is 5.26. The largest absolute Gasteiger partial charge is 0.374 e. The van der Waals surface area contributed by atoms with E-state index < -0.39 is 17.5 Å². The Balaban J connectivity index is 1.54. The van der Waals surface area contributed by atoms with E-state index in [-0.39, 0.29) is 11.6 Å². The second-order valence-corrected chi connectivity index (χ2v) is 8.61. The van der Waals surface area contributed by atoms with Crippen molar-refractivity contribution in [2.24, 2.45) is 0 Å². The number of likely N-dealkylation sites (N-methyl/N-ethyl adjacent to an activating group) is 1. The number of fused-ring (bicyclic) bond motifs is 1. The number of hydrogen-bond donors (Lipinski definition) is 1. The van der Waals surface area contributed by atoms with Gasteiger partial charge in [0.05, 0.1) is 6.04 Å². The van der Waals surface area contributed by atoms with Crippen LogP contribution >= 0.6 is 0 Å². The van der Waals surface area contributed by atoms with Crippen LogP contribution in [-0.2, 0) is 6.42 Å². The van der Waals surface area contributed by atoms with Crippen molar-refractivity contribution in [2.45, 2.75) is 18.9 Å². The highest BCUT2D eigenvalue weighted by Gasteiger charge is 2.26. The lowest BCUT2D eigenvalue weighted by Crippen LogP contribution is -2.48. The van der Waals surface area contributed by atoms with E-state index in [9.17, 15) is 13.6 Å². The number of halogens is 2. The quantitative estimate of drug-likeness (QED) is 0.795. The maximum atomic E-state index is 13.6. The zero-order valence-corrected chi connectivity index (χ0v) is 18.2. The number of carbonyl (C=O) groups excluding carboxylic acids is 1. The molecule has 4 rings (SSSR count). The van der Waals surface area contributed by atoms with Gasteiger partial charge in [0.1, 0.15) is 0 Å². The Morgan fingerprint density at radius 1 is 1.00 bits per heavy atom. The summed E-state index contributed by atoms with van der Waals surface area (Å²) in [5, 5.41) is 2.95. The van der Waals surface area contributed by atoms with Crippen molar-refractivity contribution in [3.63, 3.8) is 0 Å². The molecule has 1 fully saturated rings. The van der Waals surface area contributed by atoms with E-state index in [2.05, 4.69) is 52.3 Å². The predicted octanol–water partition coefficient (Wildman–Crippen LogP) is 3.07. The van der Waals surface area contributed by atoms with Gasteiger partial charge in [0.25, 0.3) is 5.91 Å². The first kappa shape index (κ1) is 21.7. The average molecular weight is 429 g/mol. The summed E-state index contributed by atoms with van der Waals surface area (Å²) >= 11 is 0. The van der Waals surface area contributed by atoms with Crippen LogP contribution in [0.25, 0.3) is 0 Å². The minimum absolute atomic E-state index is 0.0282. The number of rotatable bonds is 5. The molecule has 1 unspecified atom stereocenters. The van der Waals surface area contributed by atoms with Crippen molar-refractivity contribution in [1.29, 1.82) is 0 Å². The molecule has 2 aliphatic rings. The van der Waals surface area contributed by atoms with E-state index in [1.165, 1.54) is 22.9 Å². The van der Waals surface area contributed by atoms with E-state index in [0.717, 1.165) is 57.7 Å². The molecule has 0 aromatic heterocycles. The summed E-state index contributed by atoms with van der Waals surface area (Å²) < 4.78 is 26.8. The maximum absolute atomic E-state index is 13.6. The summed E-state index contributed by atoms with van der Waals surface area (Å²) in [7, 11) is 4.24. The van der Waals surface area contributed by atoms with Gasteiger partial charge in [0.15, 0.2) is 11.6 Å². The molecule has 0 saturated carbocycles. The molecular weight excluding hydrogens is 398 g/mol. The van der Waals surface area contributed by atoms with Gasteiger partial charge in [-0.1, -0.05) is 12.1 Å². The second kappa shape index (κ2) is 9.32. The van der Waals surface area contributed by atoms with Crippen molar-refractivity contribution in [3.8, 4) is 0 Å². The fourth-order valence-electron chi connectivity index (χ4n) is 4.53. The Morgan fingerprint density at radius 2 is 1.77 bits per heavy atom. The molecule has 2 heterocycles. The smallest absolute Gasteiger partial charge is 0.251 e. The van der Waals surface area contributed by atoms with Gasteiger partial charge in [-0.2, -0.15) is 0 Å². The number of piperazine rings is 1. The third-order valence-corrected chi connectivity index (χ3v) is 6.46. The van der Waals surface area contributed by atoms with Crippen LogP contribution in [0.1, 0.15) is 33.9 Å². The molecule has 1 atom stereocenters. The van der Waals surface area contributed by atoms with Gasteiger partial charge in [-0.3, -0.25) is 9.69 Å². The number of amides is 1. The van der Waals surface area contributed by atoms with Crippen LogP contribution in [0.5, 0.6) is 0 Å². The third kappa shape index (κ3) is 4.88. The van der Waals surface area contributed by atoms with Crippen molar-refractivity contribution < 1.29 is 13.6 Å². The molecule has 0 spiro atoms. The lowest BCUT2D eigenvalue weighted by Gasteiger charge is -2.39. The van der Waals surface area contributed by atoms with Gasteiger partial charge in [-0.15, -0.1) is 0 Å². The molecule has 0 bridgehead atoms. The van der Waals surface area contributed by atoms with E-state index in [0.29, 0.717) is 6.54 Å². The summed E-state index contributed by atoms with van der Waals surface area (Å²) in [5.41, 5.74) is 3.93. The number of nitrogens with zero attached hydrogens (tertiary/aromatic N) is 3. The predicted molar refractivity (Wildman–Crippen MR) is 119 cm³/mol. The first-order valence-electron chi connectivity index (χ1n) is 10.9. The maximum Gasteiger partial charge on any atom is 0.251 e. The Kier molecular flexibility index (Phi) is 6.53. The second-order valence-electron chi connectivity index (χ2n) is 8.61. The molecule has 5 nitrogen and oxygen atoms in total. The van der Waals surface area contributed by atoms with E-state index >= 15 is 0 Å². The summed E-state index contributed by atoms with van der Waals surface area (Å²) in [6.07, 6.45) is 2.20. The van der Waals surface area contributed by atoms with Crippen molar-refractivity contribution in [2.75, 3.05) is 58.3 Å². The van der Waals surface area contributed by atoms with E-state index in [4.69, 9.17) is 0 Å². The molecule has 0 radical (unpaired) electrons. The van der Waals surface area contributed by atoms with E-state index in [1.54, 1.807) is 0 Å². The minimum Gasteiger partial charge on any atom is -0.374 e. The van der Waals surface area contributed by atoms with Gasteiger partial charge >= 0.3 is 0 Å². The molecule has 2 aromatic rings. The topological polar surface area (TPSA) is 38.8 Å². The third-order valence-electron chi connectivity index (χ3n) is 6.46. The minimum atomic E-state index is -1.01. The highest BCUT2D eigenvalue weighted by atomic mass is 19.2. The van der Waals surface area contributed by atoms with E-state index in [1.807, 2.05) is 0 Å². The average Bonchev–Trinajstić information content (AvgIpc) is 2.77. The highest BCUT2D eigenvalue weighted by molar-refractivity contribution is 5.94. The Bertz CT molecular complexity index is 943. The number of hydrogen-bond acceptors (Lipinski definition) is 4. The zero-order valence-electron chi connectivity index (χ0n) is 18.2. The molecule has 1 N–H and O–H groups in total. The van der Waals surface area contributed by atoms with Gasteiger partial charge in [-0.25, -0.2) is 8.78 Å². The molecule has 0 aliphatic carbocycles. The summed E-state index contributed by atoms with van der Waals surface area (Å²) in [5.74, 6) is -2.36. The van der Waals surface area contributed by atoms with Crippen LogP contribution in [-0.4, -0.2) is 69.1 Å². The van der Waals surface area contributed by atoms with Gasteiger partial charge in [-0.05, 0) is 55.3 Å². The normalized spacial score (nSPS) is 18.5. The lowest BCUT2D eigenvalue weighted by molar-refractivity contribution is 0.0885. The Hall–Kier alpha value is -2.51. The van der Waals surface area contributed by atoms with Crippen LogP contribution in [0.4, 0.5) is 14.5 Å². The molecule has 1 amide bonds. The zero-order chi connectivity index (χ0) is 22.0. The Morgan fingerprint density at radius 3 is 2.52 bits per heavy atom. The van der Waals surface area contributed by atoms with Crippen molar-refractivity contribution in [1.82, 2.24) is 15.1 Å². The first-order valence-corrected chi connectivity index (χ1v) is 10.9. The van der Waals surface area contributed by atoms with Gasteiger partial charge in [0, 0.05) is 57.6 Å². The fourth-order valence-corrected chi connectivity index (χ4v) is 4.53. The first-order chi connectivity index (χ1) is 14.9. The number of carbonyl (C=O) groups is 1. The number of benzene rings is 2.